The van der Waals surface area contributed by atoms with E-state index < -0.39 is 0 Å². The Labute approximate surface area is 97.8 Å². The summed E-state index contributed by atoms with van der Waals surface area (Å²) in [6.07, 6.45) is 5.83. The van der Waals surface area contributed by atoms with Gasteiger partial charge in [0.1, 0.15) is 0 Å². The van der Waals surface area contributed by atoms with Gasteiger partial charge in [0, 0.05) is 17.9 Å². The molecule has 1 saturated heterocycles. The number of alkyl halides is 1. The lowest BCUT2D eigenvalue weighted by molar-refractivity contribution is 0.395. The van der Waals surface area contributed by atoms with E-state index in [0.29, 0.717) is 10.7 Å². The molecule has 1 aliphatic heterocycles. The molecule has 15 heavy (non-hydrogen) atoms. The number of anilines is 1. The summed E-state index contributed by atoms with van der Waals surface area (Å²) >= 11 is 3.64. The predicted molar refractivity (Wildman–Crippen MR) is 62.7 cm³/mol. The van der Waals surface area contributed by atoms with Crippen LogP contribution in [0.3, 0.4) is 0 Å². The summed E-state index contributed by atoms with van der Waals surface area (Å²) in [5.74, 6) is 1.47. The molecule has 1 aliphatic rings. The van der Waals surface area contributed by atoms with Crippen LogP contribution >= 0.6 is 15.9 Å². The largest absolute Gasteiger partial charge is 0.480 e. The zero-order valence-corrected chi connectivity index (χ0v) is 10.3. The fourth-order valence-electron chi connectivity index (χ4n) is 1.72. The van der Waals surface area contributed by atoms with Crippen molar-refractivity contribution in [3.8, 4) is 5.88 Å². The van der Waals surface area contributed by atoms with E-state index in [1.165, 1.54) is 12.8 Å². The lowest BCUT2D eigenvalue weighted by atomic mass is 10.1. The van der Waals surface area contributed by atoms with E-state index in [1.807, 2.05) is 0 Å². The molecule has 0 N–H and O–H groups in total. The van der Waals surface area contributed by atoms with Crippen molar-refractivity contribution in [1.82, 2.24) is 9.97 Å². The lowest BCUT2D eigenvalue weighted by Gasteiger charge is -2.30. The van der Waals surface area contributed by atoms with Crippen LogP contribution in [0.5, 0.6) is 5.88 Å². The van der Waals surface area contributed by atoms with Gasteiger partial charge in [-0.1, -0.05) is 15.9 Å². The van der Waals surface area contributed by atoms with Gasteiger partial charge in [-0.05, 0) is 12.8 Å². The van der Waals surface area contributed by atoms with Crippen LogP contribution in [0, 0.1) is 0 Å². The monoisotopic (exact) mass is 271 g/mol. The highest BCUT2D eigenvalue weighted by Crippen LogP contribution is 2.22. The van der Waals surface area contributed by atoms with Crippen LogP contribution in [0.4, 0.5) is 5.82 Å². The van der Waals surface area contributed by atoms with Gasteiger partial charge in [0.05, 0.1) is 19.5 Å². The standard InChI is InChI=1S/C10H14BrN3O/c1-15-10-6-12-5-9(13-10)14-4-2-3-8(11)7-14/h5-6,8H,2-4,7H2,1H3. The van der Waals surface area contributed by atoms with Crippen molar-refractivity contribution in [3.05, 3.63) is 12.4 Å². The van der Waals surface area contributed by atoms with Gasteiger partial charge < -0.3 is 9.64 Å². The van der Waals surface area contributed by atoms with Crippen LogP contribution in [-0.2, 0) is 0 Å². The maximum absolute atomic E-state index is 5.06. The molecule has 1 atom stereocenters. The number of hydrogen-bond acceptors (Lipinski definition) is 4. The Morgan fingerprint density at radius 2 is 2.40 bits per heavy atom. The molecule has 82 valence electrons. The molecule has 4 nitrogen and oxygen atoms in total. The molecule has 1 fully saturated rings. The first kappa shape index (κ1) is 10.7. The number of methoxy groups -OCH3 is 1. The molecule has 2 heterocycles. The van der Waals surface area contributed by atoms with Crippen molar-refractivity contribution in [1.29, 1.82) is 0 Å². The summed E-state index contributed by atoms with van der Waals surface area (Å²) < 4.78 is 5.06. The minimum Gasteiger partial charge on any atom is -0.480 e. The van der Waals surface area contributed by atoms with E-state index in [1.54, 1.807) is 19.5 Å². The maximum Gasteiger partial charge on any atom is 0.233 e. The van der Waals surface area contributed by atoms with Crippen molar-refractivity contribution in [2.24, 2.45) is 0 Å². The van der Waals surface area contributed by atoms with Gasteiger partial charge >= 0.3 is 0 Å². The first-order chi connectivity index (χ1) is 7.29. The molecule has 0 amide bonds. The molecule has 0 aliphatic carbocycles. The van der Waals surface area contributed by atoms with Gasteiger partial charge in [-0.2, -0.15) is 4.98 Å². The Hall–Kier alpha value is -0.840. The fraction of sp³-hybridized carbons (Fsp3) is 0.600. The molecule has 1 aromatic heterocycles. The number of aromatic nitrogens is 2. The number of halogens is 1. The van der Waals surface area contributed by atoms with E-state index >= 15 is 0 Å². The molecule has 0 bridgehead atoms. The third kappa shape index (κ3) is 2.59. The number of piperidine rings is 1. The molecule has 0 aromatic carbocycles. The normalized spacial score (nSPS) is 21.5. The van der Waals surface area contributed by atoms with E-state index in [0.717, 1.165) is 18.9 Å². The van der Waals surface area contributed by atoms with Crippen LogP contribution < -0.4 is 9.64 Å². The first-order valence-corrected chi connectivity index (χ1v) is 5.96. The van der Waals surface area contributed by atoms with Gasteiger partial charge in [0.25, 0.3) is 0 Å². The van der Waals surface area contributed by atoms with Crippen LogP contribution in [0.1, 0.15) is 12.8 Å². The van der Waals surface area contributed by atoms with Gasteiger partial charge in [-0.15, -0.1) is 0 Å². The molecule has 0 radical (unpaired) electrons. The van der Waals surface area contributed by atoms with Gasteiger partial charge in [0.2, 0.25) is 5.88 Å². The van der Waals surface area contributed by atoms with Crippen LogP contribution in [0.25, 0.3) is 0 Å². The minimum atomic E-state index is 0.555. The average molecular weight is 272 g/mol. The zero-order valence-electron chi connectivity index (χ0n) is 8.69. The lowest BCUT2D eigenvalue weighted by Crippen LogP contribution is -2.36. The second kappa shape index (κ2) is 4.79. The molecule has 0 spiro atoms. The Balaban J connectivity index is 2.13. The topological polar surface area (TPSA) is 38.2 Å². The second-order valence-corrected chi connectivity index (χ2v) is 4.90. The number of rotatable bonds is 2. The summed E-state index contributed by atoms with van der Waals surface area (Å²) in [5.41, 5.74) is 0. The highest BCUT2D eigenvalue weighted by Gasteiger charge is 2.19. The fourth-order valence-corrected chi connectivity index (χ4v) is 2.40. The predicted octanol–water partition coefficient (Wildman–Crippen LogP) is 1.85. The average Bonchev–Trinajstić information content (AvgIpc) is 2.29. The summed E-state index contributed by atoms with van der Waals surface area (Å²) in [6, 6.07) is 0. The van der Waals surface area contributed by atoms with Crippen molar-refractivity contribution < 1.29 is 4.74 Å². The summed E-state index contributed by atoms with van der Waals surface area (Å²) in [4.78, 5) is 11.3. The molecular weight excluding hydrogens is 258 g/mol. The molecule has 1 unspecified atom stereocenters. The number of nitrogens with zero attached hydrogens (tertiary/aromatic N) is 3. The van der Waals surface area contributed by atoms with Gasteiger partial charge in [-0.3, -0.25) is 4.98 Å². The van der Waals surface area contributed by atoms with E-state index in [4.69, 9.17) is 4.74 Å². The van der Waals surface area contributed by atoms with Gasteiger partial charge in [-0.25, -0.2) is 0 Å². The van der Waals surface area contributed by atoms with Crippen molar-refractivity contribution in [2.45, 2.75) is 17.7 Å². The molecule has 0 saturated carbocycles. The van der Waals surface area contributed by atoms with Crippen molar-refractivity contribution >= 4 is 21.7 Å². The Morgan fingerprint density at radius 3 is 3.13 bits per heavy atom. The van der Waals surface area contributed by atoms with E-state index in [-0.39, 0.29) is 0 Å². The third-order valence-electron chi connectivity index (χ3n) is 2.50. The van der Waals surface area contributed by atoms with Gasteiger partial charge in [0.15, 0.2) is 5.82 Å². The maximum atomic E-state index is 5.06. The summed E-state index contributed by atoms with van der Waals surface area (Å²) in [7, 11) is 1.61. The van der Waals surface area contributed by atoms with E-state index in [9.17, 15) is 0 Å². The molecule has 2 rings (SSSR count). The van der Waals surface area contributed by atoms with Crippen molar-refractivity contribution in [3.63, 3.8) is 0 Å². The Morgan fingerprint density at radius 1 is 1.53 bits per heavy atom. The highest BCUT2D eigenvalue weighted by molar-refractivity contribution is 9.09. The Bertz CT molecular complexity index is 334. The highest BCUT2D eigenvalue weighted by atomic mass is 79.9. The zero-order chi connectivity index (χ0) is 10.7. The molecule has 5 heteroatoms. The SMILES string of the molecule is COc1cncc(N2CCCC(Br)C2)n1. The van der Waals surface area contributed by atoms with Crippen molar-refractivity contribution in [2.75, 3.05) is 25.1 Å². The quantitative estimate of drug-likeness (QED) is 0.770. The number of ether oxygens (including phenoxy) is 1. The minimum absolute atomic E-state index is 0.555. The first-order valence-electron chi connectivity index (χ1n) is 5.04. The van der Waals surface area contributed by atoms with Crippen LogP contribution in [0.15, 0.2) is 12.4 Å². The van der Waals surface area contributed by atoms with E-state index in [2.05, 4.69) is 30.8 Å². The molecule has 1 aromatic rings. The van der Waals surface area contributed by atoms with Crippen LogP contribution in [0.2, 0.25) is 0 Å². The summed E-state index contributed by atoms with van der Waals surface area (Å²) in [5, 5.41) is 0. The number of hydrogen-bond donors (Lipinski definition) is 0. The Kier molecular flexibility index (Phi) is 3.41. The second-order valence-electron chi connectivity index (χ2n) is 3.61. The van der Waals surface area contributed by atoms with Crippen LogP contribution in [-0.4, -0.2) is 35.0 Å². The third-order valence-corrected chi connectivity index (χ3v) is 3.24. The molecular formula is C10H14BrN3O. The summed E-state index contributed by atoms with van der Waals surface area (Å²) in [6.45, 7) is 2.03. The smallest absolute Gasteiger partial charge is 0.233 e.